The van der Waals surface area contributed by atoms with Gasteiger partial charge in [0, 0.05) is 30.9 Å². The fourth-order valence-corrected chi connectivity index (χ4v) is 3.05. The Labute approximate surface area is 122 Å². The molecular weight excluding hydrogens is 248 g/mol. The zero-order valence-corrected chi connectivity index (χ0v) is 12.9. The average molecular weight is 274 g/mol. The molecule has 1 amide bonds. The number of nitrogens with one attached hydrogen (secondary N) is 1. The van der Waals surface area contributed by atoms with Crippen molar-refractivity contribution in [2.75, 3.05) is 25.0 Å². The number of carbonyl (C=O) groups is 1. The van der Waals surface area contributed by atoms with Crippen LogP contribution in [0.3, 0.4) is 0 Å². The summed E-state index contributed by atoms with van der Waals surface area (Å²) in [6.45, 7) is 9.25. The van der Waals surface area contributed by atoms with Crippen LogP contribution in [-0.2, 0) is 0 Å². The Morgan fingerprint density at radius 1 is 1.20 bits per heavy atom. The van der Waals surface area contributed by atoms with Gasteiger partial charge in [0.2, 0.25) is 0 Å². The highest BCUT2D eigenvalue weighted by Crippen LogP contribution is 2.37. The molecule has 1 N–H and O–H groups in total. The molecule has 0 aliphatic carbocycles. The van der Waals surface area contributed by atoms with Crippen LogP contribution in [0.2, 0.25) is 0 Å². The normalized spacial score (nSPS) is 17.2. The lowest BCUT2D eigenvalue weighted by Crippen LogP contribution is -2.31. The highest BCUT2D eigenvalue weighted by atomic mass is 16.2. The van der Waals surface area contributed by atoms with Crippen molar-refractivity contribution in [3.63, 3.8) is 0 Å². The van der Waals surface area contributed by atoms with Crippen LogP contribution in [0.1, 0.15) is 50.4 Å². The van der Waals surface area contributed by atoms with Crippen LogP contribution in [-0.4, -0.2) is 30.4 Å². The summed E-state index contributed by atoms with van der Waals surface area (Å²) in [5, 5.41) is 3.25. The molecule has 0 saturated carbocycles. The summed E-state index contributed by atoms with van der Waals surface area (Å²) in [6.07, 6.45) is 3.46. The third-order valence-electron chi connectivity index (χ3n) is 4.74. The molecule has 0 bridgehead atoms. The average Bonchev–Trinajstić information content (AvgIpc) is 2.93. The van der Waals surface area contributed by atoms with Gasteiger partial charge in [0.25, 0.3) is 5.91 Å². The number of likely N-dealkylation sites (tertiary alicyclic amines) is 1. The zero-order chi connectivity index (χ0) is 14.6. The van der Waals surface area contributed by atoms with Crippen molar-refractivity contribution < 1.29 is 4.79 Å². The molecule has 20 heavy (non-hydrogen) atoms. The van der Waals surface area contributed by atoms with Gasteiger partial charge in [0.05, 0.1) is 0 Å². The van der Waals surface area contributed by atoms with Crippen LogP contribution < -0.4 is 5.32 Å². The molecule has 1 aromatic carbocycles. The Kier molecular flexibility index (Phi) is 4.69. The lowest BCUT2D eigenvalue weighted by Gasteiger charge is -2.26. The second kappa shape index (κ2) is 6.29. The topological polar surface area (TPSA) is 32.3 Å². The van der Waals surface area contributed by atoms with Crippen LogP contribution in [0.15, 0.2) is 24.3 Å². The van der Waals surface area contributed by atoms with Crippen molar-refractivity contribution in [3.8, 4) is 0 Å². The number of nitrogens with zero attached hydrogens (tertiary/aromatic N) is 1. The molecule has 0 atom stereocenters. The highest BCUT2D eigenvalue weighted by molar-refractivity contribution is 5.94. The van der Waals surface area contributed by atoms with E-state index in [0.717, 1.165) is 50.1 Å². The van der Waals surface area contributed by atoms with Gasteiger partial charge in [0.1, 0.15) is 0 Å². The predicted molar refractivity (Wildman–Crippen MR) is 84.1 cm³/mol. The van der Waals surface area contributed by atoms with Gasteiger partial charge in [-0.15, -0.1) is 0 Å². The fraction of sp³-hybridized carbons (Fsp3) is 0.588. The molecule has 2 rings (SSSR count). The van der Waals surface area contributed by atoms with Crippen molar-refractivity contribution in [3.05, 3.63) is 29.8 Å². The number of benzene rings is 1. The van der Waals surface area contributed by atoms with Gasteiger partial charge in [0.15, 0.2) is 0 Å². The Morgan fingerprint density at radius 2 is 1.85 bits per heavy atom. The molecule has 3 nitrogen and oxygen atoms in total. The van der Waals surface area contributed by atoms with E-state index in [0.29, 0.717) is 5.41 Å². The number of hydrogen-bond acceptors (Lipinski definition) is 2. The number of carbonyl (C=O) groups excluding carboxylic acids is 1. The monoisotopic (exact) mass is 274 g/mol. The molecule has 0 radical (unpaired) electrons. The van der Waals surface area contributed by atoms with E-state index in [4.69, 9.17) is 0 Å². The van der Waals surface area contributed by atoms with E-state index >= 15 is 0 Å². The number of anilines is 1. The largest absolute Gasteiger partial charge is 0.385 e. The van der Waals surface area contributed by atoms with Gasteiger partial charge in [-0.25, -0.2) is 0 Å². The van der Waals surface area contributed by atoms with Crippen LogP contribution in [0, 0.1) is 5.41 Å². The minimum absolute atomic E-state index is 0.178. The van der Waals surface area contributed by atoms with E-state index < -0.39 is 0 Å². The summed E-state index contributed by atoms with van der Waals surface area (Å²) < 4.78 is 0. The SMILES string of the molecule is CCNc1ccc(C(=O)N2CCC(CC)(CC)C2)cc1. The first-order chi connectivity index (χ1) is 9.64. The van der Waals surface area contributed by atoms with E-state index in [2.05, 4.69) is 26.1 Å². The molecule has 1 saturated heterocycles. The first kappa shape index (κ1) is 14.9. The molecule has 0 aromatic heterocycles. The highest BCUT2D eigenvalue weighted by Gasteiger charge is 2.37. The quantitative estimate of drug-likeness (QED) is 0.886. The Morgan fingerprint density at radius 3 is 2.35 bits per heavy atom. The molecule has 1 fully saturated rings. The number of hydrogen-bond donors (Lipinski definition) is 1. The summed E-state index contributed by atoms with van der Waals surface area (Å²) in [6, 6.07) is 7.83. The maximum absolute atomic E-state index is 12.5. The van der Waals surface area contributed by atoms with Crippen molar-refractivity contribution >= 4 is 11.6 Å². The number of amides is 1. The molecule has 1 heterocycles. The van der Waals surface area contributed by atoms with Gasteiger partial charge in [-0.05, 0) is 55.9 Å². The molecule has 1 aliphatic rings. The van der Waals surface area contributed by atoms with Gasteiger partial charge in [-0.3, -0.25) is 4.79 Å². The summed E-state index contributed by atoms with van der Waals surface area (Å²) in [5.74, 6) is 0.178. The van der Waals surface area contributed by atoms with Gasteiger partial charge >= 0.3 is 0 Å². The minimum Gasteiger partial charge on any atom is -0.385 e. The smallest absolute Gasteiger partial charge is 0.253 e. The molecule has 3 heteroatoms. The van der Waals surface area contributed by atoms with Crippen molar-refractivity contribution in [2.24, 2.45) is 5.41 Å². The maximum atomic E-state index is 12.5. The third-order valence-corrected chi connectivity index (χ3v) is 4.74. The first-order valence-corrected chi connectivity index (χ1v) is 7.77. The Balaban J connectivity index is 2.05. The van der Waals surface area contributed by atoms with E-state index in [1.807, 2.05) is 29.2 Å². The van der Waals surface area contributed by atoms with Crippen molar-refractivity contribution in [1.29, 1.82) is 0 Å². The van der Waals surface area contributed by atoms with Crippen LogP contribution in [0.25, 0.3) is 0 Å². The Hall–Kier alpha value is -1.51. The van der Waals surface area contributed by atoms with E-state index in [9.17, 15) is 4.79 Å². The Bertz CT molecular complexity index is 449. The first-order valence-electron chi connectivity index (χ1n) is 7.77. The third kappa shape index (κ3) is 2.97. The standard InChI is InChI=1S/C17H26N2O/c1-4-17(5-2)11-12-19(13-17)16(20)14-7-9-15(10-8-14)18-6-3/h7-10,18H,4-6,11-13H2,1-3H3. The van der Waals surface area contributed by atoms with Crippen LogP contribution >= 0.6 is 0 Å². The van der Waals surface area contributed by atoms with Crippen LogP contribution in [0.5, 0.6) is 0 Å². The van der Waals surface area contributed by atoms with Crippen LogP contribution in [0.4, 0.5) is 5.69 Å². The molecule has 1 aromatic rings. The predicted octanol–water partition coefficient (Wildman–Crippen LogP) is 3.77. The maximum Gasteiger partial charge on any atom is 0.253 e. The van der Waals surface area contributed by atoms with E-state index in [-0.39, 0.29) is 5.91 Å². The second-order valence-corrected chi connectivity index (χ2v) is 5.79. The van der Waals surface area contributed by atoms with Gasteiger partial charge < -0.3 is 10.2 Å². The van der Waals surface area contributed by atoms with Gasteiger partial charge in [-0.2, -0.15) is 0 Å². The molecular formula is C17H26N2O. The number of rotatable bonds is 5. The molecule has 1 aliphatic heterocycles. The van der Waals surface area contributed by atoms with Crippen molar-refractivity contribution in [1.82, 2.24) is 4.90 Å². The van der Waals surface area contributed by atoms with Gasteiger partial charge in [-0.1, -0.05) is 13.8 Å². The summed E-state index contributed by atoms with van der Waals surface area (Å²) in [4.78, 5) is 14.6. The fourth-order valence-electron chi connectivity index (χ4n) is 3.05. The van der Waals surface area contributed by atoms with E-state index in [1.165, 1.54) is 0 Å². The van der Waals surface area contributed by atoms with Crippen molar-refractivity contribution in [2.45, 2.75) is 40.0 Å². The second-order valence-electron chi connectivity index (χ2n) is 5.79. The minimum atomic E-state index is 0.178. The molecule has 110 valence electrons. The zero-order valence-electron chi connectivity index (χ0n) is 12.9. The summed E-state index contributed by atoms with van der Waals surface area (Å²) in [7, 11) is 0. The van der Waals surface area contributed by atoms with E-state index in [1.54, 1.807) is 0 Å². The lowest BCUT2D eigenvalue weighted by molar-refractivity contribution is 0.0770. The molecule has 0 spiro atoms. The summed E-state index contributed by atoms with van der Waals surface area (Å²) >= 11 is 0. The molecule has 0 unspecified atom stereocenters. The summed E-state index contributed by atoms with van der Waals surface area (Å²) in [5.41, 5.74) is 2.22. The lowest BCUT2D eigenvalue weighted by atomic mass is 9.82.